The largest absolute Gasteiger partial charge is 0.377 e. The predicted octanol–water partition coefficient (Wildman–Crippen LogP) is 1.82. The monoisotopic (exact) mass is 271 g/mol. The van der Waals surface area contributed by atoms with Crippen molar-refractivity contribution in [2.45, 2.75) is 46.4 Å². The fourth-order valence-corrected chi connectivity index (χ4v) is 1.37. The van der Waals surface area contributed by atoms with Crippen LogP contribution in [-0.4, -0.2) is 47.5 Å². The molecule has 6 heteroatoms. The summed E-state index contributed by atoms with van der Waals surface area (Å²) < 4.78 is 18.0. The van der Waals surface area contributed by atoms with E-state index in [0.717, 1.165) is 5.69 Å². The second-order valence-corrected chi connectivity index (χ2v) is 4.87. The normalized spacial score (nSPS) is 11.7. The Morgan fingerprint density at radius 2 is 1.74 bits per heavy atom. The van der Waals surface area contributed by atoms with Gasteiger partial charge in [-0.3, -0.25) is 0 Å². The van der Waals surface area contributed by atoms with E-state index in [9.17, 15) is 0 Å². The van der Waals surface area contributed by atoms with Gasteiger partial charge in [0.1, 0.15) is 5.69 Å². The van der Waals surface area contributed by atoms with E-state index < -0.39 is 0 Å². The molecule has 0 aliphatic rings. The molecule has 0 saturated carbocycles. The average molecular weight is 271 g/mol. The SMILES string of the molecule is CC(C)OCCOCCOCc1cn(C(C)C)nn1. The molecule has 0 aliphatic heterocycles. The maximum absolute atomic E-state index is 5.46. The summed E-state index contributed by atoms with van der Waals surface area (Å²) in [6, 6.07) is 0.325. The smallest absolute Gasteiger partial charge is 0.108 e. The van der Waals surface area contributed by atoms with Gasteiger partial charge in [-0.2, -0.15) is 0 Å². The van der Waals surface area contributed by atoms with Crippen molar-refractivity contribution < 1.29 is 14.2 Å². The van der Waals surface area contributed by atoms with Gasteiger partial charge in [0.15, 0.2) is 0 Å². The molecule has 0 fully saturated rings. The predicted molar refractivity (Wildman–Crippen MR) is 72.0 cm³/mol. The summed E-state index contributed by atoms with van der Waals surface area (Å²) >= 11 is 0. The minimum Gasteiger partial charge on any atom is -0.377 e. The molecule has 1 rings (SSSR count). The zero-order valence-electron chi connectivity index (χ0n) is 12.3. The molecule has 0 amide bonds. The van der Waals surface area contributed by atoms with E-state index in [1.807, 2.05) is 24.7 Å². The Morgan fingerprint density at radius 3 is 2.37 bits per heavy atom. The molecule has 0 radical (unpaired) electrons. The third-order valence-corrected chi connectivity index (χ3v) is 2.39. The highest BCUT2D eigenvalue weighted by Crippen LogP contribution is 2.03. The van der Waals surface area contributed by atoms with Crippen molar-refractivity contribution in [2.24, 2.45) is 0 Å². The molecule has 1 aromatic heterocycles. The van der Waals surface area contributed by atoms with Crippen LogP contribution in [-0.2, 0) is 20.8 Å². The summed E-state index contributed by atoms with van der Waals surface area (Å²) in [6.45, 7) is 11.0. The van der Waals surface area contributed by atoms with Gasteiger partial charge < -0.3 is 14.2 Å². The highest BCUT2D eigenvalue weighted by atomic mass is 16.5. The van der Waals surface area contributed by atoms with Crippen LogP contribution in [0.25, 0.3) is 0 Å². The molecule has 110 valence electrons. The van der Waals surface area contributed by atoms with Crippen LogP contribution in [0.1, 0.15) is 39.4 Å². The Labute approximate surface area is 115 Å². The van der Waals surface area contributed by atoms with Crippen molar-refractivity contribution >= 4 is 0 Å². The van der Waals surface area contributed by atoms with Crippen LogP contribution in [0.15, 0.2) is 6.20 Å². The summed E-state index contributed by atoms with van der Waals surface area (Å²) in [5, 5.41) is 8.04. The molecule has 0 unspecified atom stereocenters. The van der Waals surface area contributed by atoms with E-state index >= 15 is 0 Å². The third kappa shape index (κ3) is 7.25. The number of rotatable bonds is 10. The van der Waals surface area contributed by atoms with Crippen molar-refractivity contribution in [3.05, 3.63) is 11.9 Å². The van der Waals surface area contributed by atoms with Gasteiger partial charge >= 0.3 is 0 Å². The molecular weight excluding hydrogens is 246 g/mol. The van der Waals surface area contributed by atoms with Crippen LogP contribution >= 0.6 is 0 Å². The lowest BCUT2D eigenvalue weighted by atomic mass is 10.4. The van der Waals surface area contributed by atoms with Crippen LogP contribution in [0, 0.1) is 0 Å². The highest BCUT2D eigenvalue weighted by Gasteiger charge is 2.03. The average Bonchev–Trinajstić information content (AvgIpc) is 2.81. The lowest BCUT2D eigenvalue weighted by molar-refractivity contribution is -0.00448. The molecule has 0 spiro atoms. The van der Waals surface area contributed by atoms with Crippen molar-refractivity contribution in [1.82, 2.24) is 15.0 Å². The minimum atomic E-state index is 0.253. The van der Waals surface area contributed by atoms with Gasteiger partial charge in [0, 0.05) is 6.04 Å². The van der Waals surface area contributed by atoms with Gasteiger partial charge in [0.2, 0.25) is 0 Å². The van der Waals surface area contributed by atoms with E-state index in [-0.39, 0.29) is 6.10 Å². The lowest BCUT2D eigenvalue weighted by Crippen LogP contribution is -2.12. The minimum absolute atomic E-state index is 0.253. The van der Waals surface area contributed by atoms with Crippen LogP contribution in [0.4, 0.5) is 0 Å². The summed E-state index contributed by atoms with van der Waals surface area (Å²) in [5.41, 5.74) is 0.844. The molecule has 1 heterocycles. The fraction of sp³-hybridized carbons (Fsp3) is 0.846. The summed E-state index contributed by atoms with van der Waals surface area (Å²) in [5.74, 6) is 0. The highest BCUT2D eigenvalue weighted by molar-refractivity contribution is 4.90. The first kappa shape index (κ1) is 16.1. The molecule has 0 N–H and O–H groups in total. The molecule has 19 heavy (non-hydrogen) atoms. The van der Waals surface area contributed by atoms with Gasteiger partial charge in [-0.1, -0.05) is 5.21 Å². The van der Waals surface area contributed by atoms with E-state index in [4.69, 9.17) is 14.2 Å². The van der Waals surface area contributed by atoms with Gasteiger partial charge in [0.25, 0.3) is 0 Å². The van der Waals surface area contributed by atoms with Crippen LogP contribution < -0.4 is 0 Å². The molecule has 0 saturated heterocycles. The number of hydrogen-bond acceptors (Lipinski definition) is 5. The second-order valence-electron chi connectivity index (χ2n) is 4.87. The van der Waals surface area contributed by atoms with Crippen LogP contribution in [0.5, 0.6) is 0 Å². The molecule has 0 atom stereocenters. The maximum Gasteiger partial charge on any atom is 0.108 e. The Balaban J connectivity index is 1.98. The van der Waals surface area contributed by atoms with Gasteiger partial charge in [-0.15, -0.1) is 5.10 Å². The summed E-state index contributed by atoms with van der Waals surface area (Å²) in [4.78, 5) is 0. The van der Waals surface area contributed by atoms with Crippen LogP contribution in [0.3, 0.4) is 0 Å². The third-order valence-electron chi connectivity index (χ3n) is 2.39. The lowest BCUT2D eigenvalue weighted by Gasteiger charge is -2.08. The fourth-order valence-electron chi connectivity index (χ4n) is 1.37. The standard InChI is InChI=1S/C13H25N3O3/c1-11(2)16-9-13(14-15-16)10-18-6-5-17-7-8-19-12(3)4/h9,11-12H,5-8,10H2,1-4H3. The van der Waals surface area contributed by atoms with E-state index in [1.165, 1.54) is 0 Å². The van der Waals surface area contributed by atoms with Crippen molar-refractivity contribution in [2.75, 3.05) is 26.4 Å². The van der Waals surface area contributed by atoms with Crippen LogP contribution in [0.2, 0.25) is 0 Å². The van der Waals surface area contributed by atoms with E-state index in [0.29, 0.717) is 39.1 Å². The summed E-state index contributed by atoms with van der Waals surface area (Å²) in [7, 11) is 0. The Hall–Kier alpha value is -0.980. The quantitative estimate of drug-likeness (QED) is 0.607. The van der Waals surface area contributed by atoms with Crippen molar-refractivity contribution in [1.29, 1.82) is 0 Å². The zero-order valence-corrected chi connectivity index (χ0v) is 12.3. The second kappa shape index (κ2) is 9.01. The molecule has 0 bridgehead atoms. The van der Waals surface area contributed by atoms with E-state index in [2.05, 4.69) is 24.2 Å². The summed E-state index contributed by atoms with van der Waals surface area (Å²) in [6.07, 6.45) is 2.16. The Morgan fingerprint density at radius 1 is 1.05 bits per heavy atom. The topological polar surface area (TPSA) is 58.4 Å². The number of nitrogens with zero attached hydrogens (tertiary/aromatic N) is 3. The Bertz CT molecular complexity index is 340. The van der Waals surface area contributed by atoms with Crippen molar-refractivity contribution in [3.8, 4) is 0 Å². The Kier molecular flexibility index (Phi) is 7.62. The number of hydrogen-bond donors (Lipinski definition) is 0. The van der Waals surface area contributed by atoms with Gasteiger partial charge in [-0.05, 0) is 27.7 Å². The number of ether oxygens (including phenoxy) is 3. The first-order valence-corrected chi connectivity index (χ1v) is 6.77. The number of aromatic nitrogens is 3. The molecule has 0 aliphatic carbocycles. The first-order chi connectivity index (χ1) is 9.09. The zero-order chi connectivity index (χ0) is 14.1. The van der Waals surface area contributed by atoms with Gasteiger partial charge in [-0.25, -0.2) is 4.68 Å². The molecule has 0 aromatic carbocycles. The van der Waals surface area contributed by atoms with E-state index in [1.54, 1.807) is 0 Å². The van der Waals surface area contributed by atoms with Gasteiger partial charge in [0.05, 0.1) is 45.3 Å². The molecule has 6 nitrogen and oxygen atoms in total. The van der Waals surface area contributed by atoms with Crippen molar-refractivity contribution in [3.63, 3.8) is 0 Å². The maximum atomic E-state index is 5.46. The molecule has 1 aromatic rings. The molecular formula is C13H25N3O3. The first-order valence-electron chi connectivity index (χ1n) is 6.77.